The summed E-state index contributed by atoms with van der Waals surface area (Å²) < 4.78 is 12.8. The fourth-order valence-corrected chi connectivity index (χ4v) is 0.747. The van der Waals surface area contributed by atoms with Gasteiger partial charge in [-0.05, 0) is 13.0 Å². The van der Waals surface area contributed by atoms with Crippen molar-refractivity contribution < 1.29 is 4.39 Å². The summed E-state index contributed by atoms with van der Waals surface area (Å²) in [6.07, 6.45) is 1.40. The van der Waals surface area contributed by atoms with E-state index >= 15 is 0 Å². The lowest BCUT2D eigenvalue weighted by molar-refractivity contribution is 0.567. The average molecular weight is 295 g/mol. The van der Waals surface area contributed by atoms with E-state index in [2.05, 4.69) is 9.98 Å². The maximum atomic E-state index is 12.8. The third kappa shape index (κ3) is 4.16. The molecule has 0 saturated carbocycles. The first kappa shape index (κ1) is 12.3. The number of hydrogen-bond donors (Lipinski definition) is 1. The van der Waals surface area contributed by atoms with Crippen molar-refractivity contribution in [2.45, 2.75) is 13.5 Å². The van der Waals surface area contributed by atoms with E-state index in [0.29, 0.717) is 11.4 Å². The van der Waals surface area contributed by atoms with Crippen molar-refractivity contribution in [3.63, 3.8) is 0 Å². The second-order valence-corrected chi connectivity index (χ2v) is 2.41. The predicted octanol–water partition coefficient (Wildman–Crippen LogP) is 1.72. The van der Waals surface area contributed by atoms with Crippen LogP contribution in [0.4, 0.5) is 4.39 Å². The van der Waals surface area contributed by atoms with Crippen LogP contribution in [0.25, 0.3) is 0 Å². The molecule has 1 heterocycles. The Morgan fingerprint density at radius 1 is 1.69 bits per heavy atom. The van der Waals surface area contributed by atoms with Crippen LogP contribution in [0.5, 0.6) is 0 Å². The summed E-state index contributed by atoms with van der Waals surface area (Å²) in [4.78, 5) is 7.35. The van der Waals surface area contributed by atoms with Crippen LogP contribution in [0, 0.1) is 5.95 Å². The van der Waals surface area contributed by atoms with Gasteiger partial charge >= 0.3 is 0 Å². The standard InChI is InChI=1S/C8H10FN3.HI/c1-6(10)12-5-7-3-2-4-11-8(7)9;/h2-4H,5H2,1H3,(H2,10,12);1H. The normalized spacial score (nSPS) is 10.8. The third-order valence-corrected chi connectivity index (χ3v) is 1.34. The Kier molecular flexibility index (Phi) is 5.52. The number of aliphatic imine (C=N–C) groups is 1. The second-order valence-electron chi connectivity index (χ2n) is 2.41. The fourth-order valence-electron chi connectivity index (χ4n) is 0.747. The molecule has 3 nitrogen and oxygen atoms in total. The largest absolute Gasteiger partial charge is 0.388 e. The average Bonchev–Trinajstić information content (AvgIpc) is 2.03. The topological polar surface area (TPSA) is 51.3 Å². The Morgan fingerprint density at radius 2 is 2.38 bits per heavy atom. The van der Waals surface area contributed by atoms with Crippen molar-refractivity contribution in [2.24, 2.45) is 10.7 Å². The van der Waals surface area contributed by atoms with Crippen LogP contribution in [0.15, 0.2) is 23.3 Å². The molecule has 2 N–H and O–H groups in total. The highest BCUT2D eigenvalue weighted by molar-refractivity contribution is 14.0. The number of hydrogen-bond acceptors (Lipinski definition) is 2. The molecule has 0 atom stereocenters. The molecule has 0 aliphatic carbocycles. The number of nitrogens with zero attached hydrogens (tertiary/aromatic N) is 2. The first-order chi connectivity index (χ1) is 5.70. The van der Waals surface area contributed by atoms with Gasteiger partial charge in [0.2, 0.25) is 5.95 Å². The van der Waals surface area contributed by atoms with Crippen LogP contribution in [0.1, 0.15) is 12.5 Å². The highest BCUT2D eigenvalue weighted by Crippen LogP contribution is 2.03. The zero-order valence-electron chi connectivity index (χ0n) is 7.20. The molecule has 0 aliphatic rings. The van der Waals surface area contributed by atoms with Gasteiger partial charge in [-0.25, -0.2) is 4.98 Å². The molecule has 1 aromatic heterocycles. The number of rotatable bonds is 2. The van der Waals surface area contributed by atoms with Gasteiger partial charge in [0.05, 0.1) is 12.4 Å². The number of amidine groups is 1. The monoisotopic (exact) mass is 295 g/mol. The van der Waals surface area contributed by atoms with E-state index in [1.165, 1.54) is 6.20 Å². The van der Waals surface area contributed by atoms with Crippen LogP contribution in [0.3, 0.4) is 0 Å². The van der Waals surface area contributed by atoms with Gasteiger partial charge in [0.15, 0.2) is 0 Å². The molecule has 0 unspecified atom stereocenters. The number of halogens is 2. The Balaban J connectivity index is 0.00000144. The van der Waals surface area contributed by atoms with Crippen molar-refractivity contribution in [1.82, 2.24) is 4.98 Å². The zero-order chi connectivity index (χ0) is 8.97. The first-order valence-corrected chi connectivity index (χ1v) is 3.56. The molecule has 0 spiro atoms. The van der Waals surface area contributed by atoms with Crippen LogP contribution in [0.2, 0.25) is 0 Å². The molecule has 72 valence electrons. The third-order valence-electron chi connectivity index (χ3n) is 1.34. The Bertz CT molecular complexity index is 297. The molecule has 1 aromatic rings. The maximum absolute atomic E-state index is 12.8. The lowest BCUT2D eigenvalue weighted by Gasteiger charge is -1.97. The van der Waals surface area contributed by atoms with Crippen molar-refractivity contribution >= 4 is 29.8 Å². The van der Waals surface area contributed by atoms with Gasteiger partial charge in [-0.1, -0.05) is 6.07 Å². The summed E-state index contributed by atoms with van der Waals surface area (Å²) in [5.74, 6) is -0.0410. The minimum absolute atomic E-state index is 0. The van der Waals surface area contributed by atoms with Gasteiger partial charge in [-0.3, -0.25) is 4.99 Å². The minimum Gasteiger partial charge on any atom is -0.388 e. The molecular formula is C8H11FIN3. The molecule has 5 heteroatoms. The molecule has 0 radical (unpaired) electrons. The van der Waals surface area contributed by atoms with Crippen LogP contribution < -0.4 is 5.73 Å². The van der Waals surface area contributed by atoms with E-state index in [1.807, 2.05) is 0 Å². The Labute approximate surface area is 93.3 Å². The van der Waals surface area contributed by atoms with Crippen LogP contribution >= 0.6 is 24.0 Å². The molecule has 0 aliphatic heterocycles. The molecule has 0 bridgehead atoms. The summed E-state index contributed by atoms with van der Waals surface area (Å²) in [6.45, 7) is 1.91. The number of pyridine rings is 1. The van der Waals surface area contributed by atoms with Crippen molar-refractivity contribution in [3.05, 3.63) is 29.8 Å². The molecule has 13 heavy (non-hydrogen) atoms. The van der Waals surface area contributed by atoms with Gasteiger partial charge in [0.1, 0.15) is 0 Å². The van der Waals surface area contributed by atoms with Gasteiger partial charge in [-0.2, -0.15) is 4.39 Å². The summed E-state index contributed by atoms with van der Waals surface area (Å²) in [7, 11) is 0. The quantitative estimate of drug-likeness (QED) is 0.391. The van der Waals surface area contributed by atoms with E-state index in [9.17, 15) is 4.39 Å². The SMILES string of the molecule is CC(N)=NCc1cccnc1F.I. The van der Waals surface area contributed by atoms with Crippen LogP contribution in [-0.2, 0) is 6.54 Å². The van der Waals surface area contributed by atoms with Gasteiger partial charge in [0, 0.05) is 11.8 Å². The summed E-state index contributed by atoms with van der Waals surface area (Å²) >= 11 is 0. The molecule has 0 saturated heterocycles. The highest BCUT2D eigenvalue weighted by Gasteiger charge is 1.99. The van der Waals surface area contributed by atoms with E-state index in [0.717, 1.165) is 0 Å². The lowest BCUT2D eigenvalue weighted by Crippen LogP contribution is -2.06. The number of aromatic nitrogens is 1. The van der Waals surface area contributed by atoms with E-state index in [-0.39, 0.29) is 30.5 Å². The maximum Gasteiger partial charge on any atom is 0.217 e. The summed E-state index contributed by atoms with van der Waals surface area (Å²) in [5, 5.41) is 0. The van der Waals surface area contributed by atoms with Crippen molar-refractivity contribution in [3.8, 4) is 0 Å². The Hall–Kier alpha value is -0.720. The minimum atomic E-state index is -0.484. The van der Waals surface area contributed by atoms with Gasteiger partial charge < -0.3 is 5.73 Å². The summed E-state index contributed by atoms with van der Waals surface area (Å²) in [5.41, 5.74) is 5.76. The van der Waals surface area contributed by atoms with E-state index < -0.39 is 5.95 Å². The van der Waals surface area contributed by atoms with Crippen molar-refractivity contribution in [1.29, 1.82) is 0 Å². The molecule has 0 fully saturated rings. The fraction of sp³-hybridized carbons (Fsp3) is 0.250. The second kappa shape index (κ2) is 5.85. The molecule has 0 amide bonds. The molecule has 0 aromatic carbocycles. The molecule has 1 rings (SSSR count). The van der Waals surface area contributed by atoms with Crippen LogP contribution in [-0.4, -0.2) is 10.8 Å². The first-order valence-electron chi connectivity index (χ1n) is 3.56. The molecular weight excluding hydrogens is 284 g/mol. The Morgan fingerprint density at radius 3 is 2.92 bits per heavy atom. The zero-order valence-corrected chi connectivity index (χ0v) is 9.53. The number of nitrogens with two attached hydrogens (primary N) is 1. The van der Waals surface area contributed by atoms with Gasteiger partial charge in [0.25, 0.3) is 0 Å². The van der Waals surface area contributed by atoms with Gasteiger partial charge in [-0.15, -0.1) is 24.0 Å². The smallest absolute Gasteiger partial charge is 0.217 e. The van der Waals surface area contributed by atoms with E-state index in [1.54, 1.807) is 19.1 Å². The predicted molar refractivity (Wildman–Crippen MR) is 60.6 cm³/mol. The summed E-state index contributed by atoms with van der Waals surface area (Å²) in [6, 6.07) is 3.30. The highest BCUT2D eigenvalue weighted by atomic mass is 127. The van der Waals surface area contributed by atoms with Crippen molar-refractivity contribution in [2.75, 3.05) is 0 Å². The van der Waals surface area contributed by atoms with E-state index in [4.69, 9.17) is 5.73 Å². The lowest BCUT2D eigenvalue weighted by atomic mass is 10.3.